The molecule has 30 heavy (non-hydrogen) atoms. The van der Waals surface area contributed by atoms with Crippen LogP contribution in [-0.2, 0) is 13.9 Å². The summed E-state index contributed by atoms with van der Waals surface area (Å²) < 4.78 is 19.1. The van der Waals surface area contributed by atoms with E-state index < -0.39 is 14.6 Å². The van der Waals surface area contributed by atoms with Gasteiger partial charge in [0.15, 0.2) is 14.6 Å². The molecule has 2 aliphatic rings. The van der Waals surface area contributed by atoms with Crippen molar-refractivity contribution in [1.29, 1.82) is 0 Å². The maximum atomic E-state index is 9.72. The molecular weight excluding hydrogens is 392 g/mol. The van der Waals surface area contributed by atoms with Crippen LogP contribution in [0.25, 0.3) is 0 Å². The standard InChI is InChI=1S/C25H50O4Si/c1-7-8-9-10-11-12-13-14-15-23(29-30(5,6)25(2,3)4)22-17-16-20(27-22)21-18-19-24(26)28-21/h20-24,26H,7-19H2,1-6H3/t20-,21-,22-,23-,24?/m0/s1. The Morgan fingerprint density at radius 2 is 1.43 bits per heavy atom. The van der Waals surface area contributed by atoms with Crippen LogP contribution in [0.2, 0.25) is 18.1 Å². The molecule has 1 unspecified atom stereocenters. The van der Waals surface area contributed by atoms with E-state index in [-0.39, 0.29) is 29.5 Å². The minimum Gasteiger partial charge on any atom is -0.411 e. The summed E-state index contributed by atoms with van der Waals surface area (Å²) in [6, 6.07) is 0. The molecule has 0 aromatic rings. The van der Waals surface area contributed by atoms with Crippen LogP contribution in [0, 0.1) is 0 Å². The van der Waals surface area contributed by atoms with Crippen LogP contribution in [0.3, 0.4) is 0 Å². The van der Waals surface area contributed by atoms with Gasteiger partial charge in [0.25, 0.3) is 0 Å². The van der Waals surface area contributed by atoms with Crippen molar-refractivity contribution in [2.45, 2.75) is 160 Å². The number of hydrogen-bond donors (Lipinski definition) is 1. The lowest BCUT2D eigenvalue weighted by Crippen LogP contribution is -2.47. The number of unbranched alkanes of at least 4 members (excludes halogenated alkanes) is 7. The monoisotopic (exact) mass is 442 g/mol. The zero-order valence-electron chi connectivity index (χ0n) is 20.8. The molecule has 5 heteroatoms. The van der Waals surface area contributed by atoms with E-state index in [1.54, 1.807) is 0 Å². The van der Waals surface area contributed by atoms with Crippen molar-refractivity contribution in [2.24, 2.45) is 0 Å². The largest absolute Gasteiger partial charge is 0.411 e. The van der Waals surface area contributed by atoms with Gasteiger partial charge in [0.1, 0.15) is 0 Å². The molecule has 0 amide bonds. The number of hydrogen-bond acceptors (Lipinski definition) is 4. The van der Waals surface area contributed by atoms with Crippen LogP contribution in [0.5, 0.6) is 0 Å². The Labute approximate surface area is 187 Å². The average molecular weight is 443 g/mol. The molecule has 2 heterocycles. The molecule has 0 saturated carbocycles. The van der Waals surface area contributed by atoms with Gasteiger partial charge in [0.2, 0.25) is 0 Å². The molecule has 0 aromatic heterocycles. The van der Waals surface area contributed by atoms with Gasteiger partial charge < -0.3 is 19.0 Å². The minimum atomic E-state index is -1.84. The molecule has 2 fully saturated rings. The first-order valence-corrected chi connectivity index (χ1v) is 15.7. The molecule has 0 radical (unpaired) electrons. The van der Waals surface area contributed by atoms with Gasteiger partial charge in [-0.05, 0) is 43.8 Å². The van der Waals surface area contributed by atoms with Gasteiger partial charge in [-0.2, -0.15) is 0 Å². The number of rotatable bonds is 13. The molecule has 0 bridgehead atoms. The second-order valence-electron chi connectivity index (χ2n) is 11.2. The van der Waals surface area contributed by atoms with Crippen LogP contribution < -0.4 is 0 Å². The maximum absolute atomic E-state index is 9.72. The van der Waals surface area contributed by atoms with E-state index in [2.05, 4.69) is 40.8 Å². The highest BCUT2D eigenvalue weighted by atomic mass is 28.4. The van der Waals surface area contributed by atoms with Gasteiger partial charge in [0, 0.05) is 6.42 Å². The van der Waals surface area contributed by atoms with Crippen LogP contribution in [-0.4, -0.2) is 44.1 Å². The van der Waals surface area contributed by atoms with E-state index in [0.717, 1.165) is 32.1 Å². The van der Waals surface area contributed by atoms with Gasteiger partial charge >= 0.3 is 0 Å². The van der Waals surface area contributed by atoms with Crippen LogP contribution >= 0.6 is 0 Å². The quantitative estimate of drug-likeness (QED) is 0.247. The third-order valence-electron chi connectivity index (χ3n) is 7.54. The predicted octanol–water partition coefficient (Wildman–Crippen LogP) is 6.95. The topological polar surface area (TPSA) is 47.9 Å². The summed E-state index contributed by atoms with van der Waals surface area (Å²) >= 11 is 0. The van der Waals surface area contributed by atoms with E-state index in [1.165, 1.54) is 51.4 Å². The van der Waals surface area contributed by atoms with Gasteiger partial charge in [-0.15, -0.1) is 0 Å². The first-order chi connectivity index (χ1) is 14.1. The van der Waals surface area contributed by atoms with Gasteiger partial charge in [-0.25, -0.2) is 0 Å². The van der Waals surface area contributed by atoms with Crippen LogP contribution in [0.1, 0.15) is 111 Å². The van der Waals surface area contributed by atoms with Gasteiger partial charge in [-0.1, -0.05) is 79.1 Å². The SMILES string of the molecule is CCCCCCCCCC[C@H](O[Si](C)(C)C(C)(C)C)[C@@H]1CC[C@@H]([C@@H]2CCC(O)O2)O1. The highest BCUT2D eigenvalue weighted by molar-refractivity contribution is 6.74. The van der Waals surface area contributed by atoms with E-state index in [0.29, 0.717) is 0 Å². The summed E-state index contributed by atoms with van der Waals surface area (Å²) in [6.07, 6.45) is 15.5. The number of aliphatic hydroxyl groups excluding tert-OH is 1. The van der Waals surface area contributed by atoms with Crippen molar-refractivity contribution in [3.63, 3.8) is 0 Å². The second kappa shape index (κ2) is 12.3. The van der Waals surface area contributed by atoms with Gasteiger partial charge in [0.05, 0.1) is 24.4 Å². The van der Waals surface area contributed by atoms with E-state index in [1.807, 2.05) is 0 Å². The molecule has 5 atom stereocenters. The molecule has 1 N–H and O–H groups in total. The van der Waals surface area contributed by atoms with Crippen molar-refractivity contribution < 1.29 is 19.0 Å². The number of ether oxygens (including phenoxy) is 2. The Bertz CT molecular complexity index is 476. The Morgan fingerprint density at radius 1 is 0.867 bits per heavy atom. The van der Waals surface area contributed by atoms with Crippen molar-refractivity contribution >= 4 is 8.32 Å². The number of aliphatic hydroxyl groups is 1. The van der Waals surface area contributed by atoms with Crippen molar-refractivity contribution in [2.75, 3.05) is 0 Å². The summed E-state index contributed by atoms with van der Waals surface area (Å²) in [7, 11) is -1.84. The highest BCUT2D eigenvalue weighted by Crippen LogP contribution is 2.40. The summed E-state index contributed by atoms with van der Waals surface area (Å²) in [5.41, 5.74) is 0. The Morgan fingerprint density at radius 3 is 2.00 bits per heavy atom. The maximum Gasteiger partial charge on any atom is 0.192 e. The van der Waals surface area contributed by atoms with E-state index in [9.17, 15) is 5.11 Å². The summed E-state index contributed by atoms with van der Waals surface area (Å²) in [6.45, 7) is 13.9. The third-order valence-corrected chi connectivity index (χ3v) is 12.0. The molecule has 2 rings (SSSR count). The Hall–Kier alpha value is 0.0569. The first-order valence-electron chi connectivity index (χ1n) is 12.8. The average Bonchev–Trinajstić information content (AvgIpc) is 3.31. The fourth-order valence-corrected chi connectivity index (χ4v) is 5.89. The fourth-order valence-electron chi connectivity index (χ4n) is 4.51. The fraction of sp³-hybridized carbons (Fsp3) is 1.00. The van der Waals surface area contributed by atoms with Crippen molar-refractivity contribution in [3.05, 3.63) is 0 Å². The molecule has 2 saturated heterocycles. The van der Waals surface area contributed by atoms with Gasteiger partial charge in [-0.3, -0.25) is 0 Å². The van der Waals surface area contributed by atoms with Crippen molar-refractivity contribution in [1.82, 2.24) is 0 Å². The van der Waals surface area contributed by atoms with E-state index in [4.69, 9.17) is 13.9 Å². The smallest absolute Gasteiger partial charge is 0.192 e. The molecule has 4 nitrogen and oxygen atoms in total. The third kappa shape index (κ3) is 8.20. The predicted molar refractivity (Wildman–Crippen MR) is 127 cm³/mol. The summed E-state index contributed by atoms with van der Waals surface area (Å²) in [5, 5.41) is 9.92. The second-order valence-corrected chi connectivity index (χ2v) is 15.9. The molecule has 178 valence electrons. The zero-order chi connectivity index (χ0) is 22.2. The first kappa shape index (κ1) is 26.3. The van der Waals surface area contributed by atoms with Crippen molar-refractivity contribution in [3.8, 4) is 0 Å². The summed E-state index contributed by atoms with van der Waals surface area (Å²) in [4.78, 5) is 0. The Balaban J connectivity index is 1.85. The lowest BCUT2D eigenvalue weighted by Gasteiger charge is -2.41. The molecule has 0 spiro atoms. The lowest BCUT2D eigenvalue weighted by atomic mass is 10.0. The molecule has 0 aromatic carbocycles. The van der Waals surface area contributed by atoms with E-state index >= 15 is 0 Å². The molecule has 2 aliphatic heterocycles. The molecular formula is C25H50O4Si. The lowest BCUT2D eigenvalue weighted by molar-refractivity contribution is -0.138. The zero-order valence-corrected chi connectivity index (χ0v) is 21.8. The van der Waals surface area contributed by atoms with Crippen LogP contribution in [0.15, 0.2) is 0 Å². The molecule has 0 aliphatic carbocycles. The Kier molecular flexibility index (Phi) is 10.8. The normalized spacial score (nSPS) is 28.9. The highest BCUT2D eigenvalue weighted by Gasteiger charge is 2.44. The minimum absolute atomic E-state index is 0.0571. The van der Waals surface area contributed by atoms with Crippen LogP contribution in [0.4, 0.5) is 0 Å². The summed E-state index contributed by atoms with van der Waals surface area (Å²) in [5.74, 6) is 0.